The fraction of sp³-hybridized carbons (Fsp3) is 0.667. The Labute approximate surface area is 169 Å². The Kier molecular flexibility index (Phi) is 5.92. The summed E-state index contributed by atoms with van der Waals surface area (Å²) in [6, 6.07) is 7.29. The minimum atomic E-state index is -3.34. The van der Waals surface area contributed by atoms with Gasteiger partial charge in [-0.3, -0.25) is 4.99 Å². The van der Waals surface area contributed by atoms with Crippen LogP contribution in [0.1, 0.15) is 44.1 Å². The molecule has 154 valence electrons. The predicted octanol–water partition coefficient (Wildman–Crippen LogP) is 2.67. The van der Waals surface area contributed by atoms with Crippen molar-refractivity contribution in [2.24, 2.45) is 16.8 Å². The van der Waals surface area contributed by atoms with Crippen molar-refractivity contribution in [1.29, 1.82) is 0 Å². The first-order valence-electron chi connectivity index (χ1n) is 10.6. The molecule has 0 spiro atoms. The Hall–Kier alpha value is -1.60. The second-order valence-corrected chi connectivity index (χ2v) is 10.3. The molecule has 28 heavy (non-hydrogen) atoms. The van der Waals surface area contributed by atoms with Crippen LogP contribution in [0, 0.1) is 11.8 Å². The van der Waals surface area contributed by atoms with Crippen LogP contribution >= 0.6 is 0 Å². The first-order chi connectivity index (χ1) is 13.6. The van der Waals surface area contributed by atoms with Crippen LogP contribution in [0.25, 0.3) is 0 Å². The van der Waals surface area contributed by atoms with Crippen LogP contribution in [0.2, 0.25) is 0 Å². The first kappa shape index (κ1) is 19.7. The van der Waals surface area contributed by atoms with E-state index < -0.39 is 10.0 Å². The lowest BCUT2D eigenvalue weighted by Gasteiger charge is -2.22. The van der Waals surface area contributed by atoms with Gasteiger partial charge in [-0.2, -0.15) is 4.31 Å². The molecule has 0 radical (unpaired) electrons. The van der Waals surface area contributed by atoms with E-state index in [4.69, 9.17) is 0 Å². The van der Waals surface area contributed by atoms with Crippen molar-refractivity contribution >= 4 is 16.0 Å². The fourth-order valence-electron chi connectivity index (χ4n) is 4.95. The zero-order valence-corrected chi connectivity index (χ0v) is 17.6. The van der Waals surface area contributed by atoms with Crippen LogP contribution in [0.4, 0.5) is 0 Å². The number of likely N-dealkylation sites (tertiary alicyclic amines) is 1. The summed E-state index contributed by atoms with van der Waals surface area (Å²) in [7, 11) is -1.49. The van der Waals surface area contributed by atoms with Gasteiger partial charge < -0.3 is 10.2 Å². The highest BCUT2D eigenvalue weighted by Crippen LogP contribution is 2.36. The molecular weight excluding hydrogens is 372 g/mol. The Morgan fingerprint density at radius 3 is 2.21 bits per heavy atom. The lowest BCUT2D eigenvalue weighted by atomic mass is 9.82. The number of fused-ring (bicyclic) bond motifs is 1. The SMILES string of the molecule is CN=C(NCc1ccc(S(=O)(=O)N2CCCC2)cc1)N1CC2CCCCC2C1. The van der Waals surface area contributed by atoms with Crippen molar-refractivity contribution in [1.82, 2.24) is 14.5 Å². The molecule has 2 unspecified atom stereocenters. The molecule has 2 aliphatic heterocycles. The van der Waals surface area contributed by atoms with Gasteiger partial charge in [0.15, 0.2) is 5.96 Å². The maximum atomic E-state index is 12.6. The Morgan fingerprint density at radius 1 is 1.04 bits per heavy atom. The molecule has 2 heterocycles. The normalized spacial score (nSPS) is 26.5. The van der Waals surface area contributed by atoms with Crippen molar-refractivity contribution in [3.63, 3.8) is 0 Å². The number of nitrogens with one attached hydrogen (secondary N) is 1. The van der Waals surface area contributed by atoms with E-state index in [2.05, 4.69) is 15.2 Å². The van der Waals surface area contributed by atoms with Crippen molar-refractivity contribution in [3.05, 3.63) is 29.8 Å². The van der Waals surface area contributed by atoms with Crippen LogP contribution < -0.4 is 5.32 Å². The number of hydrogen-bond donors (Lipinski definition) is 1. The van der Waals surface area contributed by atoms with Gasteiger partial charge in [0.25, 0.3) is 0 Å². The number of benzene rings is 1. The summed E-state index contributed by atoms with van der Waals surface area (Å²) >= 11 is 0. The molecule has 1 aromatic carbocycles. The zero-order chi connectivity index (χ0) is 19.6. The van der Waals surface area contributed by atoms with E-state index in [1.165, 1.54) is 25.7 Å². The highest BCUT2D eigenvalue weighted by Gasteiger charge is 2.35. The number of aliphatic imine (C=N–C) groups is 1. The minimum Gasteiger partial charge on any atom is -0.352 e. The Bertz CT molecular complexity index is 786. The summed E-state index contributed by atoms with van der Waals surface area (Å²) in [5, 5.41) is 3.47. The number of guanidine groups is 1. The summed E-state index contributed by atoms with van der Waals surface area (Å²) in [4.78, 5) is 7.27. The molecule has 3 fully saturated rings. The molecule has 7 heteroatoms. The van der Waals surface area contributed by atoms with E-state index in [1.807, 2.05) is 19.2 Å². The van der Waals surface area contributed by atoms with Gasteiger partial charge in [0, 0.05) is 39.8 Å². The molecule has 4 rings (SSSR count). The third-order valence-electron chi connectivity index (χ3n) is 6.56. The van der Waals surface area contributed by atoms with Gasteiger partial charge >= 0.3 is 0 Å². The molecule has 2 saturated heterocycles. The summed E-state index contributed by atoms with van der Waals surface area (Å²) in [5.74, 6) is 2.60. The molecular formula is C21H32N4O2S. The van der Waals surface area contributed by atoms with Crippen molar-refractivity contribution < 1.29 is 8.42 Å². The van der Waals surface area contributed by atoms with E-state index >= 15 is 0 Å². The van der Waals surface area contributed by atoms with E-state index in [0.29, 0.717) is 24.5 Å². The maximum absolute atomic E-state index is 12.6. The minimum absolute atomic E-state index is 0.395. The number of sulfonamides is 1. The lowest BCUT2D eigenvalue weighted by Crippen LogP contribution is -2.39. The van der Waals surface area contributed by atoms with Gasteiger partial charge in [-0.15, -0.1) is 0 Å². The van der Waals surface area contributed by atoms with Gasteiger partial charge in [0.1, 0.15) is 0 Å². The second kappa shape index (κ2) is 8.41. The number of nitrogens with zero attached hydrogens (tertiary/aromatic N) is 3. The molecule has 6 nitrogen and oxygen atoms in total. The third-order valence-corrected chi connectivity index (χ3v) is 8.48. The lowest BCUT2D eigenvalue weighted by molar-refractivity contribution is 0.299. The van der Waals surface area contributed by atoms with E-state index in [9.17, 15) is 8.42 Å². The molecule has 3 aliphatic rings. The summed E-state index contributed by atoms with van der Waals surface area (Å²) in [6.45, 7) is 4.15. The standard InChI is InChI=1S/C21H32N4O2S/c1-22-21(24-15-18-6-2-3-7-19(18)16-24)23-14-17-8-10-20(11-9-17)28(26,27)25-12-4-5-13-25/h8-11,18-19H,2-7,12-16H2,1H3,(H,22,23). The van der Waals surface area contributed by atoms with Crippen LogP contribution in [0.3, 0.4) is 0 Å². The number of rotatable bonds is 4. The van der Waals surface area contributed by atoms with Crippen LogP contribution in [-0.4, -0.2) is 56.8 Å². The van der Waals surface area contributed by atoms with E-state index in [1.54, 1.807) is 16.4 Å². The average Bonchev–Trinajstić information content (AvgIpc) is 3.39. The van der Waals surface area contributed by atoms with Gasteiger partial charge in [0.05, 0.1) is 4.90 Å². The molecule has 1 aromatic rings. The van der Waals surface area contributed by atoms with Gasteiger partial charge in [0.2, 0.25) is 10.0 Å². The van der Waals surface area contributed by atoms with E-state index in [0.717, 1.165) is 49.3 Å². The third kappa shape index (κ3) is 4.06. The topological polar surface area (TPSA) is 65.0 Å². The molecule has 2 atom stereocenters. The van der Waals surface area contributed by atoms with Crippen LogP contribution in [0.5, 0.6) is 0 Å². The molecule has 1 aliphatic carbocycles. The average molecular weight is 405 g/mol. The zero-order valence-electron chi connectivity index (χ0n) is 16.8. The number of hydrogen-bond acceptors (Lipinski definition) is 3. The highest BCUT2D eigenvalue weighted by atomic mass is 32.2. The van der Waals surface area contributed by atoms with Gasteiger partial charge in [-0.05, 0) is 55.2 Å². The largest absolute Gasteiger partial charge is 0.352 e. The monoisotopic (exact) mass is 404 g/mol. The molecule has 1 saturated carbocycles. The summed E-state index contributed by atoms with van der Waals surface area (Å²) in [5.41, 5.74) is 1.07. The molecule has 0 amide bonds. The second-order valence-electron chi connectivity index (χ2n) is 8.37. The summed E-state index contributed by atoms with van der Waals surface area (Å²) < 4.78 is 26.9. The van der Waals surface area contributed by atoms with Crippen molar-refractivity contribution in [2.45, 2.75) is 50.0 Å². The van der Waals surface area contributed by atoms with Crippen molar-refractivity contribution in [2.75, 3.05) is 33.2 Å². The molecule has 0 bridgehead atoms. The van der Waals surface area contributed by atoms with Crippen molar-refractivity contribution in [3.8, 4) is 0 Å². The maximum Gasteiger partial charge on any atom is 0.243 e. The Morgan fingerprint density at radius 2 is 1.64 bits per heavy atom. The smallest absolute Gasteiger partial charge is 0.243 e. The van der Waals surface area contributed by atoms with Gasteiger partial charge in [-0.1, -0.05) is 25.0 Å². The first-order valence-corrected chi connectivity index (χ1v) is 12.1. The van der Waals surface area contributed by atoms with Crippen LogP contribution in [0.15, 0.2) is 34.2 Å². The van der Waals surface area contributed by atoms with Crippen LogP contribution in [-0.2, 0) is 16.6 Å². The Balaban J connectivity index is 1.35. The van der Waals surface area contributed by atoms with Gasteiger partial charge in [-0.25, -0.2) is 8.42 Å². The molecule has 1 N–H and O–H groups in total. The predicted molar refractivity (Wildman–Crippen MR) is 112 cm³/mol. The quantitative estimate of drug-likeness (QED) is 0.619. The van der Waals surface area contributed by atoms with E-state index in [-0.39, 0.29) is 0 Å². The highest BCUT2D eigenvalue weighted by molar-refractivity contribution is 7.89. The summed E-state index contributed by atoms with van der Waals surface area (Å²) in [6.07, 6.45) is 7.36. The fourth-order valence-corrected chi connectivity index (χ4v) is 6.47. The molecule has 0 aromatic heterocycles.